The number of hydrogen-bond donors (Lipinski definition) is 1. The molecule has 0 aliphatic carbocycles. The number of hydrogen-bond acceptors (Lipinski definition) is 4. The Balaban J connectivity index is 2.38. The van der Waals surface area contributed by atoms with Gasteiger partial charge in [0, 0.05) is 12.2 Å². The fraction of sp³-hybridized carbons (Fsp3) is 0.333. The van der Waals surface area contributed by atoms with Crippen LogP contribution in [0.3, 0.4) is 0 Å². The van der Waals surface area contributed by atoms with Crippen molar-refractivity contribution in [2.75, 3.05) is 18.0 Å². The van der Waals surface area contributed by atoms with Gasteiger partial charge in [0.2, 0.25) is 0 Å². The molecule has 0 bridgehead atoms. The van der Waals surface area contributed by atoms with E-state index in [2.05, 4.69) is 40.2 Å². The second-order valence-corrected chi connectivity index (χ2v) is 4.67. The van der Waals surface area contributed by atoms with Crippen molar-refractivity contribution in [2.24, 2.45) is 5.73 Å². The molecular formula is C15H20N4. The molecule has 0 spiro atoms. The molecule has 100 valence electrons. The summed E-state index contributed by atoms with van der Waals surface area (Å²) < 4.78 is 0. The highest BCUT2D eigenvalue weighted by Gasteiger charge is 2.12. The zero-order valence-corrected chi connectivity index (χ0v) is 11.5. The SMILES string of the molecule is Cc1cnnc(N(CCCN)c2ccccc2C)c1. The average Bonchev–Trinajstić information content (AvgIpc) is 2.41. The van der Waals surface area contributed by atoms with Crippen molar-refractivity contribution < 1.29 is 0 Å². The Bertz CT molecular complexity index is 539. The molecule has 0 fully saturated rings. The third kappa shape index (κ3) is 3.29. The van der Waals surface area contributed by atoms with Crippen LogP contribution in [0.1, 0.15) is 17.5 Å². The molecule has 0 aliphatic rings. The van der Waals surface area contributed by atoms with Crippen LogP contribution >= 0.6 is 0 Å². The van der Waals surface area contributed by atoms with E-state index in [1.54, 1.807) is 6.20 Å². The summed E-state index contributed by atoms with van der Waals surface area (Å²) in [7, 11) is 0. The van der Waals surface area contributed by atoms with Gasteiger partial charge in [-0.3, -0.25) is 0 Å². The van der Waals surface area contributed by atoms with Gasteiger partial charge in [0.15, 0.2) is 5.82 Å². The summed E-state index contributed by atoms with van der Waals surface area (Å²) in [4.78, 5) is 2.18. The molecular weight excluding hydrogens is 236 g/mol. The third-order valence-corrected chi connectivity index (χ3v) is 3.05. The molecule has 0 aliphatic heterocycles. The molecule has 0 saturated carbocycles. The van der Waals surface area contributed by atoms with E-state index in [-0.39, 0.29) is 0 Å². The van der Waals surface area contributed by atoms with E-state index in [0.29, 0.717) is 6.54 Å². The van der Waals surface area contributed by atoms with E-state index in [1.807, 2.05) is 19.1 Å². The highest BCUT2D eigenvalue weighted by Crippen LogP contribution is 2.26. The van der Waals surface area contributed by atoms with Crippen LogP contribution in [0.5, 0.6) is 0 Å². The van der Waals surface area contributed by atoms with Gasteiger partial charge in [-0.15, -0.1) is 5.10 Å². The number of nitrogens with zero attached hydrogens (tertiary/aromatic N) is 3. The minimum Gasteiger partial charge on any atom is -0.330 e. The summed E-state index contributed by atoms with van der Waals surface area (Å²) >= 11 is 0. The van der Waals surface area contributed by atoms with Gasteiger partial charge in [0.1, 0.15) is 0 Å². The maximum absolute atomic E-state index is 5.64. The van der Waals surface area contributed by atoms with Crippen LogP contribution in [0.25, 0.3) is 0 Å². The second-order valence-electron chi connectivity index (χ2n) is 4.67. The van der Waals surface area contributed by atoms with Crippen LogP contribution < -0.4 is 10.6 Å². The van der Waals surface area contributed by atoms with Gasteiger partial charge in [-0.2, -0.15) is 5.10 Å². The smallest absolute Gasteiger partial charge is 0.155 e. The van der Waals surface area contributed by atoms with E-state index in [9.17, 15) is 0 Å². The molecule has 0 amide bonds. The van der Waals surface area contributed by atoms with E-state index in [1.165, 1.54) is 5.56 Å². The molecule has 0 unspecified atom stereocenters. The molecule has 1 aromatic heterocycles. The Morgan fingerprint density at radius 2 is 2.00 bits per heavy atom. The quantitative estimate of drug-likeness (QED) is 0.893. The van der Waals surface area contributed by atoms with Gasteiger partial charge in [-0.25, -0.2) is 0 Å². The van der Waals surface area contributed by atoms with Crippen LogP contribution in [0.2, 0.25) is 0 Å². The molecule has 0 atom stereocenters. The van der Waals surface area contributed by atoms with Crippen molar-refractivity contribution in [3.05, 3.63) is 47.7 Å². The third-order valence-electron chi connectivity index (χ3n) is 3.05. The minimum atomic E-state index is 0.668. The molecule has 2 rings (SSSR count). The minimum absolute atomic E-state index is 0.668. The predicted octanol–water partition coefficient (Wildman–Crippen LogP) is 2.58. The molecule has 1 aromatic carbocycles. The maximum Gasteiger partial charge on any atom is 0.155 e. The first kappa shape index (κ1) is 13.5. The fourth-order valence-corrected chi connectivity index (χ4v) is 2.05. The zero-order valence-electron chi connectivity index (χ0n) is 11.5. The van der Waals surface area contributed by atoms with Crippen molar-refractivity contribution in [1.82, 2.24) is 10.2 Å². The lowest BCUT2D eigenvalue weighted by atomic mass is 10.1. The predicted molar refractivity (Wildman–Crippen MR) is 78.6 cm³/mol. The van der Waals surface area contributed by atoms with Gasteiger partial charge in [-0.1, -0.05) is 18.2 Å². The summed E-state index contributed by atoms with van der Waals surface area (Å²) in [5.74, 6) is 0.878. The molecule has 2 N–H and O–H groups in total. The topological polar surface area (TPSA) is 55.0 Å². The van der Waals surface area contributed by atoms with Crippen molar-refractivity contribution >= 4 is 11.5 Å². The lowest BCUT2D eigenvalue weighted by Gasteiger charge is -2.25. The molecule has 2 aromatic rings. The Morgan fingerprint density at radius 3 is 2.68 bits per heavy atom. The number of anilines is 2. The van der Waals surface area contributed by atoms with Gasteiger partial charge in [0.05, 0.1) is 6.20 Å². The first-order valence-electron chi connectivity index (χ1n) is 6.55. The molecule has 4 heteroatoms. The zero-order chi connectivity index (χ0) is 13.7. The highest BCUT2D eigenvalue weighted by molar-refractivity contribution is 5.63. The van der Waals surface area contributed by atoms with Crippen LogP contribution in [0.4, 0.5) is 11.5 Å². The Labute approximate surface area is 114 Å². The number of aryl methyl sites for hydroxylation is 2. The average molecular weight is 256 g/mol. The van der Waals surface area contributed by atoms with Crippen LogP contribution in [0.15, 0.2) is 36.5 Å². The first-order chi connectivity index (χ1) is 9.22. The molecule has 0 saturated heterocycles. The Morgan fingerprint density at radius 1 is 1.21 bits per heavy atom. The summed E-state index contributed by atoms with van der Waals surface area (Å²) in [5.41, 5.74) is 9.13. The summed E-state index contributed by atoms with van der Waals surface area (Å²) in [6.45, 7) is 5.65. The standard InChI is InChI=1S/C15H20N4/c1-12-10-15(18-17-11-12)19(9-5-8-16)14-7-4-3-6-13(14)2/h3-4,6-7,10-11H,5,8-9,16H2,1-2H3. The normalized spacial score (nSPS) is 10.5. The van der Waals surface area contributed by atoms with Crippen molar-refractivity contribution in [1.29, 1.82) is 0 Å². The maximum atomic E-state index is 5.64. The molecule has 4 nitrogen and oxygen atoms in total. The van der Waals surface area contributed by atoms with E-state index in [4.69, 9.17) is 5.73 Å². The number of rotatable bonds is 5. The molecule has 0 radical (unpaired) electrons. The van der Waals surface area contributed by atoms with Gasteiger partial charge in [0.25, 0.3) is 0 Å². The summed E-state index contributed by atoms with van der Waals surface area (Å²) in [6, 6.07) is 10.3. The Kier molecular flexibility index (Phi) is 4.47. The van der Waals surface area contributed by atoms with Crippen molar-refractivity contribution in [2.45, 2.75) is 20.3 Å². The summed E-state index contributed by atoms with van der Waals surface area (Å²) in [6.07, 6.45) is 2.69. The summed E-state index contributed by atoms with van der Waals surface area (Å²) in [5, 5.41) is 8.29. The van der Waals surface area contributed by atoms with Crippen LogP contribution in [0, 0.1) is 13.8 Å². The lowest BCUT2D eigenvalue weighted by molar-refractivity contribution is 0.798. The number of nitrogens with two attached hydrogens (primary N) is 1. The van der Waals surface area contributed by atoms with Gasteiger partial charge >= 0.3 is 0 Å². The largest absolute Gasteiger partial charge is 0.330 e. The van der Waals surface area contributed by atoms with E-state index >= 15 is 0 Å². The van der Waals surface area contributed by atoms with Crippen LogP contribution in [-0.2, 0) is 0 Å². The second kappa shape index (κ2) is 6.29. The van der Waals surface area contributed by atoms with Crippen LogP contribution in [-0.4, -0.2) is 23.3 Å². The lowest BCUT2D eigenvalue weighted by Crippen LogP contribution is -2.23. The van der Waals surface area contributed by atoms with Gasteiger partial charge in [-0.05, 0) is 50.1 Å². The molecule has 19 heavy (non-hydrogen) atoms. The first-order valence-corrected chi connectivity index (χ1v) is 6.55. The number of para-hydroxylation sites is 1. The van der Waals surface area contributed by atoms with Gasteiger partial charge < -0.3 is 10.6 Å². The van der Waals surface area contributed by atoms with Crippen molar-refractivity contribution in [3.63, 3.8) is 0 Å². The van der Waals surface area contributed by atoms with E-state index in [0.717, 1.165) is 30.0 Å². The van der Waals surface area contributed by atoms with Crippen molar-refractivity contribution in [3.8, 4) is 0 Å². The highest BCUT2D eigenvalue weighted by atomic mass is 15.3. The number of aromatic nitrogens is 2. The Hall–Kier alpha value is -1.94. The monoisotopic (exact) mass is 256 g/mol. The fourth-order valence-electron chi connectivity index (χ4n) is 2.05. The number of benzene rings is 1. The van der Waals surface area contributed by atoms with E-state index < -0.39 is 0 Å². The molecule has 1 heterocycles.